The van der Waals surface area contributed by atoms with Crippen LogP contribution in [0.4, 0.5) is 4.79 Å². The molecule has 0 spiro atoms. The largest absolute Gasteiger partial charge is 0.444 e. The van der Waals surface area contributed by atoms with Crippen molar-refractivity contribution < 1.29 is 23.9 Å². The molecule has 0 aliphatic carbocycles. The Hall–Kier alpha value is -3.92. The van der Waals surface area contributed by atoms with E-state index in [2.05, 4.69) is 21.3 Å². The molecule has 41 heavy (non-hydrogen) atoms. The molecule has 2 aromatic rings. The monoisotopic (exact) mass is 563 g/mol. The highest BCUT2D eigenvalue weighted by molar-refractivity contribution is 5.94. The number of benzene rings is 2. The average Bonchev–Trinajstić information content (AvgIpc) is 3.35. The van der Waals surface area contributed by atoms with Gasteiger partial charge in [0, 0.05) is 12.6 Å². The van der Waals surface area contributed by atoms with Crippen molar-refractivity contribution >= 4 is 23.8 Å². The molecule has 4 rings (SSSR count). The first-order valence-electron chi connectivity index (χ1n) is 14.3. The minimum absolute atomic E-state index is 0.116. The molecule has 2 aliphatic rings. The van der Waals surface area contributed by atoms with Crippen molar-refractivity contribution in [1.82, 2.24) is 26.2 Å². The third kappa shape index (κ3) is 7.85. The summed E-state index contributed by atoms with van der Waals surface area (Å²) in [6.45, 7) is 7.60. The van der Waals surface area contributed by atoms with E-state index < -0.39 is 35.7 Å². The van der Waals surface area contributed by atoms with Crippen molar-refractivity contribution in [3.63, 3.8) is 0 Å². The van der Waals surface area contributed by atoms with Gasteiger partial charge in [-0.15, -0.1) is 0 Å². The number of carbonyl (C=O) groups is 4. The standard InChI is InChI=1S/C31H41N5O5/c1-20(33-30(40)41-31(2,3)4)27(37)34-24-19-32-18-17-23-15-16-25(36(23)29(24)39)28(38)35-26(21-11-7-5-8-12-21)22-13-9-6-10-14-22/h5-14,20,23-26,32H,15-19H2,1-4H3,(H,33,40)(H,34,37)(H,35,38)/t20-,23-,24+,25+/m1/s1. The van der Waals surface area contributed by atoms with Crippen LogP contribution < -0.4 is 21.3 Å². The lowest BCUT2D eigenvalue weighted by Crippen LogP contribution is -2.61. The summed E-state index contributed by atoms with van der Waals surface area (Å²) >= 11 is 0. The third-order valence-electron chi connectivity index (χ3n) is 7.36. The lowest BCUT2D eigenvalue weighted by molar-refractivity contribution is -0.144. The second-order valence-electron chi connectivity index (χ2n) is 11.7. The zero-order chi connectivity index (χ0) is 29.6. The molecular weight excluding hydrogens is 522 g/mol. The topological polar surface area (TPSA) is 129 Å². The third-order valence-corrected chi connectivity index (χ3v) is 7.36. The van der Waals surface area contributed by atoms with E-state index in [9.17, 15) is 19.2 Å². The number of hydrogen-bond donors (Lipinski definition) is 4. The summed E-state index contributed by atoms with van der Waals surface area (Å²) in [6.07, 6.45) is 1.23. The molecule has 0 saturated carbocycles. The number of nitrogens with one attached hydrogen (secondary N) is 4. The molecule has 4 N–H and O–H groups in total. The van der Waals surface area contributed by atoms with Gasteiger partial charge in [-0.25, -0.2) is 4.79 Å². The van der Waals surface area contributed by atoms with E-state index >= 15 is 0 Å². The Morgan fingerprint density at radius 2 is 1.54 bits per heavy atom. The zero-order valence-corrected chi connectivity index (χ0v) is 24.2. The summed E-state index contributed by atoms with van der Waals surface area (Å²) in [7, 11) is 0. The fourth-order valence-corrected chi connectivity index (χ4v) is 5.39. The normalized spacial score (nSPS) is 21.7. The Kier molecular flexibility index (Phi) is 9.65. The Morgan fingerprint density at radius 1 is 0.927 bits per heavy atom. The van der Waals surface area contributed by atoms with E-state index in [-0.39, 0.29) is 30.4 Å². The first kappa shape index (κ1) is 30.0. The zero-order valence-electron chi connectivity index (χ0n) is 24.2. The Morgan fingerprint density at radius 3 is 2.12 bits per heavy atom. The number of rotatable bonds is 7. The first-order valence-corrected chi connectivity index (χ1v) is 14.3. The molecule has 10 heteroatoms. The highest BCUT2D eigenvalue weighted by atomic mass is 16.6. The fourth-order valence-electron chi connectivity index (χ4n) is 5.39. The van der Waals surface area contributed by atoms with Crippen LogP contribution >= 0.6 is 0 Å². The minimum Gasteiger partial charge on any atom is -0.444 e. The number of alkyl carbamates (subject to hydrolysis) is 1. The van der Waals surface area contributed by atoms with Crippen LogP contribution in [-0.2, 0) is 19.1 Å². The summed E-state index contributed by atoms with van der Waals surface area (Å²) in [5, 5.41) is 11.7. The van der Waals surface area contributed by atoms with Crippen molar-refractivity contribution in [3.8, 4) is 0 Å². The second-order valence-corrected chi connectivity index (χ2v) is 11.7. The average molecular weight is 564 g/mol. The van der Waals surface area contributed by atoms with E-state index in [0.29, 0.717) is 25.8 Å². The second kappa shape index (κ2) is 13.2. The van der Waals surface area contributed by atoms with E-state index in [1.807, 2.05) is 60.7 Å². The van der Waals surface area contributed by atoms with E-state index in [0.717, 1.165) is 11.1 Å². The predicted molar refractivity (Wildman–Crippen MR) is 155 cm³/mol. The SMILES string of the molecule is C[C@@H](NC(=O)OC(C)(C)C)C(=O)N[C@H]1CNCC[C@H]2CC[C@@H](C(=O)NC(c3ccccc3)c3ccccc3)N2C1=O. The number of hydrogen-bond acceptors (Lipinski definition) is 6. The summed E-state index contributed by atoms with van der Waals surface area (Å²) in [4.78, 5) is 54.4. The molecule has 0 aromatic heterocycles. The van der Waals surface area contributed by atoms with Crippen molar-refractivity contribution in [2.75, 3.05) is 13.1 Å². The van der Waals surface area contributed by atoms with Gasteiger partial charge in [-0.2, -0.15) is 0 Å². The molecule has 2 fully saturated rings. The van der Waals surface area contributed by atoms with Crippen LogP contribution in [-0.4, -0.2) is 71.6 Å². The summed E-state index contributed by atoms with van der Waals surface area (Å²) in [6, 6.07) is 16.5. The van der Waals surface area contributed by atoms with Crippen LogP contribution in [0.5, 0.6) is 0 Å². The number of ether oxygens (including phenoxy) is 1. The Balaban J connectivity index is 1.48. The van der Waals surface area contributed by atoms with Crippen LogP contribution in [0.3, 0.4) is 0 Å². The number of nitrogens with zero attached hydrogens (tertiary/aromatic N) is 1. The maximum atomic E-state index is 13.9. The van der Waals surface area contributed by atoms with Crippen molar-refractivity contribution in [2.24, 2.45) is 0 Å². The van der Waals surface area contributed by atoms with Gasteiger partial charge >= 0.3 is 6.09 Å². The van der Waals surface area contributed by atoms with Gasteiger partial charge in [0.1, 0.15) is 23.7 Å². The van der Waals surface area contributed by atoms with Crippen LogP contribution in [0.1, 0.15) is 64.1 Å². The van der Waals surface area contributed by atoms with Crippen LogP contribution in [0.2, 0.25) is 0 Å². The molecule has 0 radical (unpaired) electrons. The van der Waals surface area contributed by atoms with Crippen molar-refractivity contribution in [2.45, 2.75) is 82.8 Å². The number of amides is 4. The van der Waals surface area contributed by atoms with E-state index in [4.69, 9.17) is 4.74 Å². The van der Waals surface area contributed by atoms with Crippen LogP contribution in [0.15, 0.2) is 60.7 Å². The van der Waals surface area contributed by atoms with Gasteiger partial charge in [0.25, 0.3) is 0 Å². The summed E-state index contributed by atoms with van der Waals surface area (Å²) < 4.78 is 5.24. The molecule has 10 nitrogen and oxygen atoms in total. The van der Waals surface area contributed by atoms with E-state index in [1.165, 1.54) is 6.92 Å². The highest BCUT2D eigenvalue weighted by Crippen LogP contribution is 2.30. The predicted octanol–water partition coefficient (Wildman–Crippen LogP) is 2.64. The van der Waals surface area contributed by atoms with Crippen molar-refractivity contribution in [3.05, 3.63) is 71.8 Å². The van der Waals surface area contributed by atoms with Gasteiger partial charge in [-0.3, -0.25) is 14.4 Å². The van der Waals surface area contributed by atoms with Gasteiger partial charge in [0.2, 0.25) is 17.7 Å². The lowest BCUT2D eigenvalue weighted by Gasteiger charge is -2.36. The van der Waals surface area contributed by atoms with Crippen molar-refractivity contribution in [1.29, 1.82) is 0 Å². The molecule has 2 aliphatic heterocycles. The highest BCUT2D eigenvalue weighted by Gasteiger charge is 2.44. The molecule has 0 bridgehead atoms. The minimum atomic E-state index is -0.922. The van der Waals surface area contributed by atoms with E-state index in [1.54, 1.807) is 25.7 Å². The van der Waals surface area contributed by atoms with Gasteiger partial charge in [0.05, 0.1) is 6.04 Å². The summed E-state index contributed by atoms with van der Waals surface area (Å²) in [5.41, 5.74) is 1.18. The van der Waals surface area contributed by atoms with Gasteiger partial charge < -0.3 is 30.9 Å². The van der Waals surface area contributed by atoms with Crippen LogP contribution in [0.25, 0.3) is 0 Å². The first-order chi connectivity index (χ1) is 19.5. The quantitative estimate of drug-likeness (QED) is 0.410. The van der Waals surface area contributed by atoms with Gasteiger partial charge in [-0.05, 0) is 64.6 Å². The molecule has 4 atom stereocenters. The lowest BCUT2D eigenvalue weighted by atomic mass is 9.98. The maximum Gasteiger partial charge on any atom is 0.408 e. The molecule has 2 aromatic carbocycles. The maximum absolute atomic E-state index is 13.9. The molecule has 2 saturated heterocycles. The smallest absolute Gasteiger partial charge is 0.408 e. The Bertz CT molecular complexity index is 1180. The van der Waals surface area contributed by atoms with Gasteiger partial charge in [0.15, 0.2) is 0 Å². The van der Waals surface area contributed by atoms with Gasteiger partial charge in [-0.1, -0.05) is 60.7 Å². The number of fused-ring (bicyclic) bond motifs is 1. The van der Waals surface area contributed by atoms with Crippen LogP contribution in [0, 0.1) is 0 Å². The molecular formula is C31H41N5O5. The molecule has 2 heterocycles. The molecule has 220 valence electrons. The molecule has 4 amide bonds. The summed E-state index contributed by atoms with van der Waals surface area (Å²) in [5.74, 6) is -1.05. The molecule has 0 unspecified atom stereocenters. The number of carbonyl (C=O) groups excluding carboxylic acids is 4. The Labute approximate surface area is 241 Å². The fraction of sp³-hybridized carbons (Fsp3) is 0.484.